The van der Waals surface area contributed by atoms with Gasteiger partial charge in [-0.15, -0.1) is 0 Å². The number of rotatable bonds is 3. The molecule has 5 heteroatoms. The number of benzene rings is 1. The van der Waals surface area contributed by atoms with Crippen LogP contribution < -0.4 is 0 Å². The van der Waals surface area contributed by atoms with Crippen LogP contribution in [-0.2, 0) is 0 Å². The normalized spacial score (nSPS) is 11.4. The number of carbonyl (C=O) groups is 1. The van der Waals surface area contributed by atoms with Crippen molar-refractivity contribution in [2.75, 3.05) is 0 Å². The average molecular weight is 284 g/mol. The monoisotopic (exact) mass is 284 g/mol. The molecule has 20 heavy (non-hydrogen) atoms. The average Bonchev–Trinajstić information content (AvgIpc) is 2.98. The molecule has 0 saturated carbocycles. The highest BCUT2D eigenvalue weighted by molar-refractivity contribution is 7.19. The quantitative estimate of drug-likeness (QED) is 0.800. The molecule has 3 aromatic rings. The molecule has 2 heterocycles. The van der Waals surface area contributed by atoms with Crippen LogP contribution in [0, 0.1) is 6.92 Å². The second-order valence-electron chi connectivity index (χ2n) is 4.38. The SMILES string of the molecule is Cc1cnc2sc(C(=O)O)c(/C=C/c3ccccc3)n12. The summed E-state index contributed by atoms with van der Waals surface area (Å²) in [5.74, 6) is -0.924. The van der Waals surface area contributed by atoms with E-state index < -0.39 is 5.97 Å². The number of hydrogen-bond acceptors (Lipinski definition) is 3. The van der Waals surface area contributed by atoms with Crippen molar-refractivity contribution in [2.45, 2.75) is 6.92 Å². The molecule has 0 fully saturated rings. The first kappa shape index (κ1) is 12.6. The molecule has 0 bridgehead atoms. The number of fused-ring (bicyclic) bond motifs is 1. The number of carboxylic acid groups (broad SMARTS) is 1. The van der Waals surface area contributed by atoms with E-state index in [2.05, 4.69) is 4.98 Å². The summed E-state index contributed by atoms with van der Waals surface area (Å²) in [6, 6.07) is 9.79. The molecule has 2 aromatic heterocycles. The number of thiazole rings is 1. The molecular weight excluding hydrogens is 272 g/mol. The third-order valence-electron chi connectivity index (χ3n) is 3.00. The van der Waals surface area contributed by atoms with Gasteiger partial charge in [-0.3, -0.25) is 4.40 Å². The van der Waals surface area contributed by atoms with Crippen LogP contribution in [0.1, 0.15) is 26.6 Å². The smallest absolute Gasteiger partial charge is 0.348 e. The lowest BCUT2D eigenvalue weighted by molar-refractivity contribution is 0.0701. The maximum atomic E-state index is 11.3. The van der Waals surface area contributed by atoms with Gasteiger partial charge in [0, 0.05) is 11.9 Å². The number of nitrogens with zero attached hydrogens (tertiary/aromatic N) is 2. The second-order valence-corrected chi connectivity index (χ2v) is 5.36. The molecular formula is C15H12N2O2S. The zero-order valence-corrected chi connectivity index (χ0v) is 11.6. The molecule has 4 nitrogen and oxygen atoms in total. The second kappa shape index (κ2) is 4.94. The highest BCUT2D eigenvalue weighted by Crippen LogP contribution is 2.26. The molecule has 0 unspecified atom stereocenters. The molecule has 0 aliphatic carbocycles. The van der Waals surface area contributed by atoms with Crippen LogP contribution in [-0.4, -0.2) is 20.5 Å². The summed E-state index contributed by atoms with van der Waals surface area (Å²) in [4.78, 5) is 16.6. The molecule has 0 radical (unpaired) electrons. The van der Waals surface area contributed by atoms with E-state index in [9.17, 15) is 9.90 Å². The molecule has 0 saturated heterocycles. The summed E-state index contributed by atoms with van der Waals surface area (Å²) in [6.45, 7) is 1.91. The van der Waals surface area contributed by atoms with Crippen LogP contribution in [0.4, 0.5) is 0 Å². The van der Waals surface area contributed by atoms with Crippen molar-refractivity contribution in [1.82, 2.24) is 9.38 Å². The standard InChI is InChI=1S/C15H12N2O2S/c1-10-9-16-15-17(10)12(13(20-15)14(18)19)8-7-11-5-3-2-4-6-11/h2-9H,1H3,(H,18,19)/b8-7+. The zero-order valence-electron chi connectivity index (χ0n) is 10.8. The molecule has 1 N–H and O–H groups in total. The van der Waals surface area contributed by atoms with E-state index in [1.165, 1.54) is 11.3 Å². The summed E-state index contributed by atoms with van der Waals surface area (Å²) in [5.41, 5.74) is 2.62. The fraction of sp³-hybridized carbons (Fsp3) is 0.0667. The number of hydrogen-bond donors (Lipinski definition) is 1. The lowest BCUT2D eigenvalue weighted by Gasteiger charge is -1.98. The summed E-state index contributed by atoms with van der Waals surface area (Å²) < 4.78 is 1.87. The lowest BCUT2D eigenvalue weighted by atomic mass is 10.2. The van der Waals surface area contributed by atoms with E-state index in [1.54, 1.807) is 6.20 Å². The summed E-state index contributed by atoms with van der Waals surface area (Å²) in [7, 11) is 0. The van der Waals surface area contributed by atoms with Gasteiger partial charge in [-0.25, -0.2) is 9.78 Å². The number of carboxylic acids is 1. The third-order valence-corrected chi connectivity index (χ3v) is 4.06. The van der Waals surface area contributed by atoms with Gasteiger partial charge in [-0.2, -0.15) is 0 Å². The van der Waals surface area contributed by atoms with Crippen molar-refractivity contribution in [3.8, 4) is 0 Å². The van der Waals surface area contributed by atoms with Crippen LogP contribution >= 0.6 is 11.3 Å². The van der Waals surface area contributed by atoms with Gasteiger partial charge in [0.2, 0.25) is 0 Å². The van der Waals surface area contributed by atoms with Crippen LogP contribution in [0.25, 0.3) is 17.1 Å². The van der Waals surface area contributed by atoms with Crippen molar-refractivity contribution in [1.29, 1.82) is 0 Å². The van der Waals surface area contributed by atoms with Crippen LogP contribution in [0.15, 0.2) is 36.5 Å². The predicted octanol–water partition coefficient (Wildman–Crippen LogP) is 3.57. The first-order chi connectivity index (χ1) is 9.66. The van der Waals surface area contributed by atoms with Crippen molar-refractivity contribution >= 4 is 34.4 Å². The van der Waals surface area contributed by atoms with Gasteiger partial charge < -0.3 is 5.11 Å². The largest absolute Gasteiger partial charge is 0.477 e. The van der Waals surface area contributed by atoms with E-state index >= 15 is 0 Å². The Morgan fingerprint density at radius 3 is 2.75 bits per heavy atom. The molecule has 0 aliphatic heterocycles. The summed E-state index contributed by atoms with van der Waals surface area (Å²) in [5, 5.41) is 9.31. The van der Waals surface area contributed by atoms with Crippen molar-refractivity contribution in [3.63, 3.8) is 0 Å². The van der Waals surface area contributed by atoms with Gasteiger partial charge in [-0.1, -0.05) is 47.7 Å². The van der Waals surface area contributed by atoms with Crippen molar-refractivity contribution in [3.05, 3.63) is 58.4 Å². The Morgan fingerprint density at radius 2 is 2.05 bits per heavy atom. The fourth-order valence-corrected chi connectivity index (χ4v) is 3.04. The summed E-state index contributed by atoms with van der Waals surface area (Å²) in [6.07, 6.45) is 5.49. The highest BCUT2D eigenvalue weighted by Gasteiger charge is 2.17. The first-order valence-corrected chi connectivity index (χ1v) is 6.92. The number of aromatic nitrogens is 2. The first-order valence-electron chi connectivity index (χ1n) is 6.10. The molecule has 0 spiro atoms. The van der Waals surface area contributed by atoms with Crippen LogP contribution in [0.2, 0.25) is 0 Å². The van der Waals surface area contributed by atoms with Crippen molar-refractivity contribution < 1.29 is 9.90 Å². The zero-order chi connectivity index (χ0) is 14.1. The van der Waals surface area contributed by atoms with E-state index in [0.717, 1.165) is 11.3 Å². The maximum absolute atomic E-state index is 11.3. The molecule has 1 aromatic carbocycles. The van der Waals surface area contributed by atoms with Gasteiger partial charge >= 0.3 is 5.97 Å². The highest BCUT2D eigenvalue weighted by atomic mass is 32.1. The number of imidazole rings is 1. The van der Waals surface area contributed by atoms with E-state index in [4.69, 9.17) is 0 Å². The fourth-order valence-electron chi connectivity index (χ4n) is 2.07. The van der Waals surface area contributed by atoms with Crippen LogP contribution in [0.5, 0.6) is 0 Å². The Balaban J connectivity index is 2.14. The van der Waals surface area contributed by atoms with Gasteiger partial charge in [0.1, 0.15) is 4.88 Å². The van der Waals surface area contributed by atoms with Gasteiger partial charge in [0.05, 0.1) is 5.69 Å². The summed E-state index contributed by atoms with van der Waals surface area (Å²) >= 11 is 1.19. The minimum atomic E-state index is -0.924. The minimum Gasteiger partial charge on any atom is -0.477 e. The number of aromatic carboxylic acids is 1. The lowest BCUT2D eigenvalue weighted by Crippen LogP contribution is -1.98. The van der Waals surface area contributed by atoms with Gasteiger partial charge in [0.25, 0.3) is 0 Å². The molecule has 0 atom stereocenters. The maximum Gasteiger partial charge on any atom is 0.348 e. The minimum absolute atomic E-state index is 0.309. The molecule has 100 valence electrons. The Labute approximate surface area is 119 Å². The van der Waals surface area contributed by atoms with E-state index in [0.29, 0.717) is 15.5 Å². The van der Waals surface area contributed by atoms with E-state index in [-0.39, 0.29) is 0 Å². The van der Waals surface area contributed by atoms with Crippen molar-refractivity contribution in [2.24, 2.45) is 0 Å². The van der Waals surface area contributed by atoms with Crippen LogP contribution in [0.3, 0.4) is 0 Å². The molecule has 0 amide bonds. The van der Waals surface area contributed by atoms with E-state index in [1.807, 2.05) is 53.8 Å². The van der Waals surface area contributed by atoms with Gasteiger partial charge in [0.15, 0.2) is 4.96 Å². The Morgan fingerprint density at radius 1 is 1.30 bits per heavy atom. The van der Waals surface area contributed by atoms with Gasteiger partial charge in [-0.05, 0) is 18.6 Å². The third kappa shape index (κ3) is 2.12. The Bertz CT molecular complexity index is 800. The number of aryl methyl sites for hydroxylation is 1. The molecule has 0 aliphatic rings. The predicted molar refractivity (Wildman–Crippen MR) is 80.1 cm³/mol. The topological polar surface area (TPSA) is 54.6 Å². The molecule has 3 rings (SSSR count). The Hall–Kier alpha value is -2.40. The Kier molecular flexibility index (Phi) is 3.12.